The molecule has 0 unspecified atom stereocenters. The summed E-state index contributed by atoms with van der Waals surface area (Å²) in [5.74, 6) is -0.642. The van der Waals surface area contributed by atoms with Gasteiger partial charge in [0.15, 0.2) is 9.84 Å². The zero-order chi connectivity index (χ0) is 14.5. The molecule has 2 saturated heterocycles. The van der Waals surface area contributed by atoms with Crippen molar-refractivity contribution >= 4 is 15.7 Å². The van der Waals surface area contributed by atoms with Gasteiger partial charge in [-0.05, 0) is 12.8 Å². The topological polar surface area (TPSA) is 54.5 Å². The predicted molar refractivity (Wildman–Crippen MR) is 62.2 cm³/mol. The molecule has 2 heterocycles. The molecule has 2 aliphatic heterocycles. The molecule has 110 valence electrons. The van der Waals surface area contributed by atoms with E-state index in [2.05, 4.69) is 0 Å². The second-order valence-electron chi connectivity index (χ2n) is 5.24. The van der Waals surface area contributed by atoms with E-state index in [1.54, 1.807) is 6.92 Å². The molecule has 2 fully saturated rings. The Morgan fingerprint density at radius 1 is 1.42 bits per heavy atom. The number of rotatable bonds is 1. The SMILES string of the molecule is CCC(=O)N1C[C@@H]2[C@@](C(F)(F)F)(CCCS2(=O)=O)C1. The molecule has 0 aromatic carbocycles. The summed E-state index contributed by atoms with van der Waals surface area (Å²) in [7, 11) is -3.79. The van der Waals surface area contributed by atoms with Crippen molar-refractivity contribution < 1.29 is 26.4 Å². The molecular weight excluding hydrogens is 283 g/mol. The number of hydrogen-bond acceptors (Lipinski definition) is 3. The van der Waals surface area contributed by atoms with Gasteiger partial charge in [0.05, 0.1) is 11.0 Å². The maximum absolute atomic E-state index is 13.4. The minimum absolute atomic E-state index is 0.00645. The van der Waals surface area contributed by atoms with Gasteiger partial charge in [-0.3, -0.25) is 4.79 Å². The smallest absolute Gasteiger partial charge is 0.340 e. The molecule has 2 aliphatic rings. The Morgan fingerprint density at radius 3 is 2.53 bits per heavy atom. The predicted octanol–water partition coefficient (Wildman–Crippen LogP) is 1.36. The summed E-state index contributed by atoms with van der Waals surface area (Å²) in [5.41, 5.74) is -2.27. The van der Waals surface area contributed by atoms with Crippen LogP contribution >= 0.6 is 0 Å². The summed E-state index contributed by atoms with van der Waals surface area (Å²) in [6, 6.07) is 0. The van der Waals surface area contributed by atoms with Gasteiger partial charge < -0.3 is 4.90 Å². The molecule has 19 heavy (non-hydrogen) atoms. The van der Waals surface area contributed by atoms with Crippen LogP contribution in [0.25, 0.3) is 0 Å². The van der Waals surface area contributed by atoms with Crippen molar-refractivity contribution in [2.75, 3.05) is 18.8 Å². The molecule has 0 bridgehead atoms. The first kappa shape index (κ1) is 14.6. The van der Waals surface area contributed by atoms with Gasteiger partial charge in [-0.1, -0.05) is 6.92 Å². The molecule has 0 aromatic heterocycles. The number of carbonyl (C=O) groups is 1. The number of halogens is 3. The summed E-state index contributed by atoms with van der Waals surface area (Å²) in [6.45, 7) is 0.709. The van der Waals surface area contributed by atoms with E-state index in [4.69, 9.17) is 0 Å². The maximum atomic E-state index is 13.4. The zero-order valence-corrected chi connectivity index (χ0v) is 11.4. The van der Waals surface area contributed by atoms with E-state index in [-0.39, 0.29) is 31.6 Å². The standard InChI is InChI=1S/C11H16F3NO3S/c1-2-9(16)15-6-8-10(7-15,11(12,13)14)4-3-5-19(8,17)18/h8H,2-7H2,1H3/t8-,10-/m1/s1. The molecule has 0 radical (unpaired) electrons. The van der Waals surface area contributed by atoms with Gasteiger partial charge in [-0.15, -0.1) is 0 Å². The monoisotopic (exact) mass is 299 g/mol. The molecule has 4 nitrogen and oxygen atoms in total. The van der Waals surface area contributed by atoms with Gasteiger partial charge in [0.25, 0.3) is 0 Å². The molecule has 0 spiro atoms. The average molecular weight is 299 g/mol. The number of carbonyl (C=O) groups excluding carboxylic acids is 1. The second-order valence-corrected chi connectivity index (χ2v) is 7.54. The van der Waals surface area contributed by atoms with E-state index in [1.807, 2.05) is 0 Å². The van der Waals surface area contributed by atoms with E-state index in [9.17, 15) is 26.4 Å². The quantitative estimate of drug-likeness (QED) is 0.735. The van der Waals surface area contributed by atoms with Gasteiger partial charge in [0.1, 0.15) is 5.41 Å². The molecule has 0 aliphatic carbocycles. The van der Waals surface area contributed by atoms with Crippen LogP contribution in [-0.4, -0.2) is 49.5 Å². The molecular formula is C11H16F3NO3S. The number of alkyl halides is 3. The van der Waals surface area contributed by atoms with Gasteiger partial charge in [-0.2, -0.15) is 13.2 Å². The number of sulfone groups is 1. The summed E-state index contributed by atoms with van der Waals surface area (Å²) in [4.78, 5) is 12.7. The lowest BCUT2D eigenvalue weighted by Crippen LogP contribution is -2.53. The van der Waals surface area contributed by atoms with Gasteiger partial charge in [0.2, 0.25) is 5.91 Å². The van der Waals surface area contributed by atoms with Gasteiger partial charge >= 0.3 is 6.18 Å². The molecule has 0 saturated carbocycles. The van der Waals surface area contributed by atoms with Crippen LogP contribution in [0.5, 0.6) is 0 Å². The van der Waals surface area contributed by atoms with Gasteiger partial charge in [0, 0.05) is 19.5 Å². The highest BCUT2D eigenvalue weighted by atomic mass is 32.2. The van der Waals surface area contributed by atoms with Crippen LogP contribution in [0.2, 0.25) is 0 Å². The fourth-order valence-corrected chi connectivity index (χ4v) is 5.39. The van der Waals surface area contributed by atoms with Crippen LogP contribution in [0.4, 0.5) is 13.2 Å². The Morgan fingerprint density at radius 2 is 2.05 bits per heavy atom. The normalized spacial score (nSPS) is 34.1. The second kappa shape index (κ2) is 4.36. The van der Waals surface area contributed by atoms with Crippen LogP contribution < -0.4 is 0 Å². The number of hydrogen-bond donors (Lipinski definition) is 0. The lowest BCUT2D eigenvalue weighted by molar-refractivity contribution is -0.221. The number of likely N-dealkylation sites (tertiary alicyclic amines) is 1. The van der Waals surface area contributed by atoms with Crippen molar-refractivity contribution in [1.29, 1.82) is 0 Å². The van der Waals surface area contributed by atoms with E-state index < -0.39 is 39.1 Å². The summed E-state index contributed by atoms with van der Waals surface area (Å²) in [6.07, 6.45) is -4.73. The summed E-state index contributed by atoms with van der Waals surface area (Å²) in [5, 5.41) is -1.50. The molecule has 1 amide bonds. The third kappa shape index (κ3) is 2.13. The van der Waals surface area contributed by atoms with E-state index in [1.165, 1.54) is 0 Å². The van der Waals surface area contributed by atoms with Crippen molar-refractivity contribution in [2.45, 2.75) is 37.6 Å². The lowest BCUT2D eigenvalue weighted by atomic mass is 9.81. The average Bonchev–Trinajstić information content (AvgIpc) is 2.69. The first-order valence-electron chi connectivity index (χ1n) is 6.20. The molecule has 8 heteroatoms. The minimum atomic E-state index is -4.60. The van der Waals surface area contributed by atoms with Crippen LogP contribution in [0.1, 0.15) is 26.2 Å². The van der Waals surface area contributed by atoms with Crippen LogP contribution in [-0.2, 0) is 14.6 Å². The van der Waals surface area contributed by atoms with Crippen LogP contribution in [0.15, 0.2) is 0 Å². The van der Waals surface area contributed by atoms with Crippen molar-refractivity contribution in [2.24, 2.45) is 5.41 Å². The third-order valence-corrected chi connectivity index (χ3v) is 6.51. The lowest BCUT2D eigenvalue weighted by Gasteiger charge is -2.39. The Bertz CT molecular complexity index is 488. The van der Waals surface area contributed by atoms with E-state index >= 15 is 0 Å². The van der Waals surface area contributed by atoms with E-state index in [0.717, 1.165) is 4.90 Å². The van der Waals surface area contributed by atoms with Gasteiger partial charge in [-0.25, -0.2) is 8.42 Å². The van der Waals surface area contributed by atoms with Crippen molar-refractivity contribution in [1.82, 2.24) is 4.90 Å². The fraction of sp³-hybridized carbons (Fsp3) is 0.909. The zero-order valence-electron chi connectivity index (χ0n) is 10.5. The number of nitrogens with zero attached hydrogens (tertiary/aromatic N) is 1. The fourth-order valence-electron chi connectivity index (χ4n) is 3.14. The number of fused-ring (bicyclic) bond motifs is 1. The first-order valence-corrected chi connectivity index (χ1v) is 7.91. The maximum Gasteiger partial charge on any atom is 0.397 e. The Kier molecular flexibility index (Phi) is 3.35. The molecule has 2 atom stereocenters. The Balaban J connectivity index is 2.45. The van der Waals surface area contributed by atoms with Crippen molar-refractivity contribution in [3.63, 3.8) is 0 Å². The van der Waals surface area contributed by atoms with Crippen molar-refractivity contribution in [3.05, 3.63) is 0 Å². The Hall–Kier alpha value is -0.790. The molecule has 0 aromatic rings. The van der Waals surface area contributed by atoms with E-state index in [0.29, 0.717) is 0 Å². The molecule has 0 N–H and O–H groups in total. The molecule has 2 rings (SSSR count). The van der Waals surface area contributed by atoms with Crippen molar-refractivity contribution in [3.8, 4) is 0 Å². The summed E-state index contributed by atoms with van der Waals surface area (Å²) >= 11 is 0. The van der Waals surface area contributed by atoms with Crippen LogP contribution in [0.3, 0.4) is 0 Å². The highest BCUT2D eigenvalue weighted by Crippen LogP contribution is 2.53. The highest BCUT2D eigenvalue weighted by Gasteiger charge is 2.68. The Labute approximate surface area is 109 Å². The first-order chi connectivity index (χ1) is 8.64. The minimum Gasteiger partial charge on any atom is -0.340 e. The van der Waals surface area contributed by atoms with Crippen LogP contribution in [0, 0.1) is 5.41 Å². The highest BCUT2D eigenvalue weighted by molar-refractivity contribution is 7.92. The largest absolute Gasteiger partial charge is 0.397 e. The third-order valence-electron chi connectivity index (χ3n) is 4.18. The number of amides is 1. The summed E-state index contributed by atoms with van der Waals surface area (Å²) < 4.78 is 64.0.